The summed E-state index contributed by atoms with van der Waals surface area (Å²) in [6, 6.07) is 0. The Hall–Kier alpha value is -0.270. The Bertz CT molecular complexity index is 228. The van der Waals surface area contributed by atoms with Crippen LogP contribution in [-0.2, 0) is 0 Å². The van der Waals surface area contributed by atoms with Crippen molar-refractivity contribution in [3.63, 3.8) is 0 Å². The predicted octanol–water partition coefficient (Wildman–Crippen LogP) is 2.19. The van der Waals surface area contributed by atoms with Crippen LogP contribution in [0.1, 0.15) is 19.3 Å². The number of rotatable bonds is 0. The van der Waals surface area contributed by atoms with E-state index in [0.29, 0.717) is 0 Å². The van der Waals surface area contributed by atoms with Crippen LogP contribution >= 0.6 is 11.6 Å². The Kier molecular flexibility index (Phi) is 2.01. The third-order valence-electron chi connectivity index (χ3n) is 2.37. The van der Waals surface area contributed by atoms with Gasteiger partial charge < -0.3 is 5.32 Å². The van der Waals surface area contributed by atoms with E-state index in [0.717, 1.165) is 24.5 Å². The molecule has 1 aliphatic carbocycles. The molecule has 0 fully saturated rings. The van der Waals surface area contributed by atoms with E-state index >= 15 is 0 Å². The third kappa shape index (κ3) is 1.49. The first-order valence-corrected chi connectivity index (χ1v) is 4.52. The van der Waals surface area contributed by atoms with Crippen molar-refractivity contribution in [1.82, 2.24) is 5.32 Å². The highest BCUT2D eigenvalue weighted by Gasteiger charge is 2.14. The maximum atomic E-state index is 5.94. The van der Waals surface area contributed by atoms with Gasteiger partial charge in [-0.2, -0.15) is 0 Å². The molecule has 0 saturated heterocycles. The van der Waals surface area contributed by atoms with E-state index in [-0.39, 0.29) is 0 Å². The molecule has 11 heavy (non-hydrogen) atoms. The molecule has 1 heterocycles. The average molecular weight is 170 g/mol. The fourth-order valence-corrected chi connectivity index (χ4v) is 1.94. The summed E-state index contributed by atoms with van der Waals surface area (Å²) >= 11 is 5.94. The Morgan fingerprint density at radius 1 is 1.27 bits per heavy atom. The summed E-state index contributed by atoms with van der Waals surface area (Å²) in [7, 11) is 0. The molecule has 0 amide bonds. The van der Waals surface area contributed by atoms with Crippen molar-refractivity contribution in [3.05, 3.63) is 22.3 Å². The molecule has 60 valence electrons. The Labute approximate surface area is 72.1 Å². The van der Waals surface area contributed by atoms with Crippen LogP contribution in [0.4, 0.5) is 0 Å². The van der Waals surface area contributed by atoms with Gasteiger partial charge in [0.15, 0.2) is 0 Å². The lowest BCUT2D eigenvalue weighted by atomic mass is 9.93. The normalized spacial score (nSPS) is 24.6. The second-order valence-corrected chi connectivity index (χ2v) is 3.63. The van der Waals surface area contributed by atoms with Gasteiger partial charge in [0.2, 0.25) is 0 Å². The molecule has 0 radical (unpaired) electrons. The lowest BCUT2D eigenvalue weighted by Gasteiger charge is -2.22. The highest BCUT2D eigenvalue weighted by atomic mass is 35.5. The molecule has 0 saturated carbocycles. The summed E-state index contributed by atoms with van der Waals surface area (Å²) < 4.78 is 0. The molecule has 0 spiro atoms. The molecule has 1 aliphatic heterocycles. The highest BCUT2D eigenvalue weighted by Crippen LogP contribution is 2.28. The van der Waals surface area contributed by atoms with Gasteiger partial charge in [0.25, 0.3) is 0 Å². The average Bonchev–Trinajstić information content (AvgIpc) is 2.04. The zero-order valence-electron chi connectivity index (χ0n) is 6.49. The minimum absolute atomic E-state index is 1.02. The molecule has 0 aromatic rings. The van der Waals surface area contributed by atoms with Crippen LogP contribution in [0.3, 0.4) is 0 Å². The van der Waals surface area contributed by atoms with Gasteiger partial charge in [0.05, 0.1) is 0 Å². The minimum atomic E-state index is 1.02. The SMILES string of the molecule is ClC1=CC2=C(CCNC2)CC1. The molecule has 1 N–H and O–H groups in total. The summed E-state index contributed by atoms with van der Waals surface area (Å²) in [6.45, 7) is 2.16. The van der Waals surface area contributed by atoms with Crippen molar-refractivity contribution in [3.8, 4) is 0 Å². The summed E-state index contributed by atoms with van der Waals surface area (Å²) in [4.78, 5) is 0. The summed E-state index contributed by atoms with van der Waals surface area (Å²) in [5.41, 5.74) is 3.06. The molecular formula is C9H12ClN. The van der Waals surface area contributed by atoms with Gasteiger partial charge >= 0.3 is 0 Å². The van der Waals surface area contributed by atoms with E-state index < -0.39 is 0 Å². The first-order valence-electron chi connectivity index (χ1n) is 4.14. The van der Waals surface area contributed by atoms with Crippen LogP contribution in [0.25, 0.3) is 0 Å². The Morgan fingerprint density at radius 2 is 2.18 bits per heavy atom. The lowest BCUT2D eigenvalue weighted by molar-refractivity contribution is 0.655. The van der Waals surface area contributed by atoms with Crippen molar-refractivity contribution in [2.24, 2.45) is 0 Å². The molecule has 0 bridgehead atoms. The number of allylic oxidation sites excluding steroid dienone is 1. The fraction of sp³-hybridized carbons (Fsp3) is 0.556. The van der Waals surface area contributed by atoms with Crippen LogP contribution in [-0.4, -0.2) is 13.1 Å². The van der Waals surface area contributed by atoms with E-state index in [1.165, 1.54) is 18.4 Å². The van der Waals surface area contributed by atoms with Crippen LogP contribution in [0.2, 0.25) is 0 Å². The largest absolute Gasteiger partial charge is 0.312 e. The fourth-order valence-electron chi connectivity index (χ4n) is 1.72. The van der Waals surface area contributed by atoms with Crippen molar-refractivity contribution < 1.29 is 0 Å². The minimum Gasteiger partial charge on any atom is -0.312 e. The number of nitrogens with one attached hydrogen (secondary N) is 1. The van der Waals surface area contributed by atoms with E-state index in [4.69, 9.17) is 11.6 Å². The Balaban J connectivity index is 2.25. The third-order valence-corrected chi connectivity index (χ3v) is 2.67. The number of hydrogen-bond acceptors (Lipinski definition) is 1. The molecule has 0 aromatic carbocycles. The second kappa shape index (κ2) is 3.00. The lowest BCUT2D eigenvalue weighted by Crippen LogP contribution is -2.25. The second-order valence-electron chi connectivity index (χ2n) is 3.15. The topological polar surface area (TPSA) is 12.0 Å². The standard InChI is InChI=1S/C9H12ClN/c10-9-2-1-7-3-4-11-6-8(7)5-9/h5,11H,1-4,6H2. The maximum Gasteiger partial charge on any atom is 0.0205 e. The molecule has 0 aromatic heterocycles. The van der Waals surface area contributed by atoms with Crippen LogP contribution in [0, 0.1) is 0 Å². The van der Waals surface area contributed by atoms with Crippen molar-refractivity contribution in [2.75, 3.05) is 13.1 Å². The molecule has 1 nitrogen and oxygen atoms in total. The Morgan fingerprint density at radius 3 is 3.09 bits per heavy atom. The summed E-state index contributed by atoms with van der Waals surface area (Å²) in [5.74, 6) is 0. The monoisotopic (exact) mass is 169 g/mol. The van der Waals surface area contributed by atoms with Gasteiger partial charge in [0.1, 0.15) is 0 Å². The van der Waals surface area contributed by atoms with Gasteiger partial charge in [-0.25, -0.2) is 0 Å². The van der Waals surface area contributed by atoms with Gasteiger partial charge in [-0.1, -0.05) is 17.2 Å². The van der Waals surface area contributed by atoms with E-state index in [2.05, 4.69) is 11.4 Å². The molecule has 2 aliphatic rings. The van der Waals surface area contributed by atoms with Crippen LogP contribution < -0.4 is 5.32 Å². The summed E-state index contributed by atoms with van der Waals surface area (Å²) in [5, 5.41) is 4.36. The van der Waals surface area contributed by atoms with E-state index in [1.54, 1.807) is 5.57 Å². The number of halogens is 1. The van der Waals surface area contributed by atoms with Gasteiger partial charge in [-0.3, -0.25) is 0 Å². The maximum absolute atomic E-state index is 5.94. The van der Waals surface area contributed by atoms with E-state index in [1.807, 2.05) is 0 Å². The van der Waals surface area contributed by atoms with E-state index in [9.17, 15) is 0 Å². The van der Waals surface area contributed by atoms with Crippen LogP contribution in [0.15, 0.2) is 22.3 Å². The molecule has 0 unspecified atom stereocenters. The number of hydrogen-bond donors (Lipinski definition) is 1. The highest BCUT2D eigenvalue weighted by molar-refractivity contribution is 6.29. The zero-order valence-corrected chi connectivity index (χ0v) is 7.25. The smallest absolute Gasteiger partial charge is 0.0205 e. The summed E-state index contributed by atoms with van der Waals surface area (Å²) in [6.07, 6.45) is 5.59. The zero-order chi connectivity index (χ0) is 7.68. The molecule has 2 rings (SSSR count). The first-order chi connectivity index (χ1) is 5.36. The van der Waals surface area contributed by atoms with Gasteiger partial charge in [-0.05, 0) is 37.5 Å². The molecule has 0 atom stereocenters. The molecule has 2 heteroatoms. The quantitative estimate of drug-likeness (QED) is 0.586. The first kappa shape index (κ1) is 7.38. The van der Waals surface area contributed by atoms with Crippen LogP contribution in [0.5, 0.6) is 0 Å². The molecular weight excluding hydrogens is 158 g/mol. The van der Waals surface area contributed by atoms with Gasteiger partial charge in [-0.15, -0.1) is 0 Å². The van der Waals surface area contributed by atoms with Crippen molar-refractivity contribution in [1.29, 1.82) is 0 Å². The van der Waals surface area contributed by atoms with Gasteiger partial charge in [0, 0.05) is 11.6 Å². The predicted molar refractivity (Wildman–Crippen MR) is 47.7 cm³/mol. The van der Waals surface area contributed by atoms with Crippen molar-refractivity contribution >= 4 is 11.6 Å². The van der Waals surface area contributed by atoms with Crippen molar-refractivity contribution in [2.45, 2.75) is 19.3 Å².